The van der Waals surface area contributed by atoms with Crippen LogP contribution < -0.4 is 20.7 Å². The van der Waals surface area contributed by atoms with E-state index in [1.807, 2.05) is 6.92 Å². The van der Waals surface area contributed by atoms with Crippen LogP contribution in [0.25, 0.3) is 0 Å². The smallest absolute Gasteiger partial charge is 0.257 e. The SMILES string of the molecule is CCOCCOc1ccc(C(=O)NC(=S)Nc2cccc(C(=O)NCCOC)c2)cc1. The van der Waals surface area contributed by atoms with Crippen LogP contribution in [0.15, 0.2) is 48.5 Å². The molecule has 8 nitrogen and oxygen atoms in total. The monoisotopic (exact) mass is 445 g/mol. The second kappa shape index (κ2) is 13.3. The van der Waals surface area contributed by atoms with E-state index in [0.29, 0.717) is 55.5 Å². The molecule has 0 bridgehead atoms. The summed E-state index contributed by atoms with van der Waals surface area (Å²) in [7, 11) is 1.57. The van der Waals surface area contributed by atoms with Gasteiger partial charge in [-0.05, 0) is 61.6 Å². The minimum absolute atomic E-state index is 0.124. The summed E-state index contributed by atoms with van der Waals surface area (Å²) in [6.45, 7) is 4.36. The fraction of sp³-hybridized carbons (Fsp3) is 0.318. The molecular weight excluding hydrogens is 418 g/mol. The molecule has 0 fully saturated rings. The molecular formula is C22H27N3O5S. The maximum atomic E-state index is 12.4. The fourth-order valence-corrected chi connectivity index (χ4v) is 2.72. The molecule has 0 atom stereocenters. The number of hydrogen-bond donors (Lipinski definition) is 3. The zero-order valence-electron chi connectivity index (χ0n) is 17.6. The molecule has 2 aromatic rings. The van der Waals surface area contributed by atoms with Crippen LogP contribution >= 0.6 is 12.2 Å². The number of amides is 2. The lowest BCUT2D eigenvalue weighted by molar-refractivity contribution is 0.0935. The number of ether oxygens (including phenoxy) is 3. The van der Waals surface area contributed by atoms with Crippen LogP contribution in [-0.2, 0) is 9.47 Å². The number of nitrogens with one attached hydrogen (secondary N) is 3. The number of carbonyl (C=O) groups excluding carboxylic acids is 2. The maximum Gasteiger partial charge on any atom is 0.257 e. The third-order valence-corrected chi connectivity index (χ3v) is 4.22. The van der Waals surface area contributed by atoms with Gasteiger partial charge in [-0.25, -0.2) is 0 Å². The molecule has 0 aromatic heterocycles. The largest absolute Gasteiger partial charge is 0.491 e. The molecule has 31 heavy (non-hydrogen) atoms. The predicted octanol–water partition coefficient (Wildman–Crippen LogP) is 2.60. The summed E-state index contributed by atoms with van der Waals surface area (Å²) in [4.78, 5) is 24.5. The highest BCUT2D eigenvalue weighted by molar-refractivity contribution is 7.80. The molecule has 0 aliphatic carbocycles. The molecule has 166 valence electrons. The van der Waals surface area contributed by atoms with E-state index in [0.717, 1.165) is 0 Å². The summed E-state index contributed by atoms with van der Waals surface area (Å²) in [5, 5.41) is 8.40. The fourth-order valence-electron chi connectivity index (χ4n) is 2.51. The van der Waals surface area contributed by atoms with Gasteiger partial charge in [-0.2, -0.15) is 0 Å². The highest BCUT2D eigenvalue weighted by Gasteiger charge is 2.10. The zero-order chi connectivity index (χ0) is 22.5. The Balaban J connectivity index is 1.86. The third-order valence-electron chi connectivity index (χ3n) is 4.02. The minimum atomic E-state index is -0.355. The lowest BCUT2D eigenvalue weighted by Crippen LogP contribution is -2.34. The molecule has 0 unspecified atom stereocenters. The van der Waals surface area contributed by atoms with Crippen LogP contribution in [0.3, 0.4) is 0 Å². The van der Waals surface area contributed by atoms with Gasteiger partial charge in [-0.1, -0.05) is 6.07 Å². The number of carbonyl (C=O) groups is 2. The second-order valence-electron chi connectivity index (χ2n) is 6.31. The quantitative estimate of drug-likeness (QED) is 0.361. The average molecular weight is 446 g/mol. The second-order valence-corrected chi connectivity index (χ2v) is 6.72. The normalized spacial score (nSPS) is 10.3. The third kappa shape index (κ3) is 8.71. The van der Waals surface area contributed by atoms with Crippen molar-refractivity contribution in [3.8, 4) is 5.75 Å². The molecule has 0 aliphatic rings. The molecule has 0 aliphatic heterocycles. The van der Waals surface area contributed by atoms with Gasteiger partial charge in [0.2, 0.25) is 0 Å². The van der Waals surface area contributed by atoms with E-state index >= 15 is 0 Å². The van der Waals surface area contributed by atoms with Gasteiger partial charge in [-0.15, -0.1) is 0 Å². The number of methoxy groups -OCH3 is 1. The Labute approximate surface area is 187 Å². The highest BCUT2D eigenvalue weighted by Crippen LogP contribution is 2.13. The van der Waals surface area contributed by atoms with Gasteiger partial charge in [0, 0.05) is 37.1 Å². The molecule has 2 rings (SSSR count). The number of rotatable bonds is 11. The highest BCUT2D eigenvalue weighted by atomic mass is 32.1. The van der Waals surface area contributed by atoms with Crippen molar-refractivity contribution in [1.82, 2.24) is 10.6 Å². The first-order valence-corrected chi connectivity index (χ1v) is 10.2. The van der Waals surface area contributed by atoms with Crippen LogP contribution in [0.4, 0.5) is 5.69 Å². The lowest BCUT2D eigenvalue weighted by atomic mass is 10.2. The van der Waals surface area contributed by atoms with Gasteiger partial charge in [0.05, 0.1) is 13.2 Å². The minimum Gasteiger partial charge on any atom is -0.491 e. The van der Waals surface area contributed by atoms with Crippen molar-refractivity contribution in [3.63, 3.8) is 0 Å². The van der Waals surface area contributed by atoms with E-state index in [-0.39, 0.29) is 16.9 Å². The topological polar surface area (TPSA) is 97.9 Å². The van der Waals surface area contributed by atoms with Crippen LogP contribution in [0, 0.1) is 0 Å². The summed E-state index contributed by atoms with van der Waals surface area (Å²) in [6.07, 6.45) is 0. The van der Waals surface area contributed by atoms with Crippen LogP contribution in [0.2, 0.25) is 0 Å². The van der Waals surface area contributed by atoms with Crippen LogP contribution in [0.1, 0.15) is 27.6 Å². The lowest BCUT2D eigenvalue weighted by Gasteiger charge is -2.11. The average Bonchev–Trinajstić information content (AvgIpc) is 2.77. The first kappa shape index (κ1) is 24.3. The van der Waals surface area contributed by atoms with Crippen LogP contribution in [0.5, 0.6) is 5.75 Å². The molecule has 2 amide bonds. The molecule has 0 spiro atoms. The molecule has 9 heteroatoms. The van der Waals surface area contributed by atoms with Crippen molar-refractivity contribution in [2.75, 3.05) is 45.4 Å². The van der Waals surface area contributed by atoms with E-state index in [1.54, 1.807) is 55.6 Å². The maximum absolute atomic E-state index is 12.4. The number of hydrogen-bond acceptors (Lipinski definition) is 6. The number of benzene rings is 2. The Morgan fingerprint density at radius 1 is 0.968 bits per heavy atom. The first-order valence-electron chi connectivity index (χ1n) is 9.83. The van der Waals surface area contributed by atoms with E-state index in [2.05, 4.69) is 16.0 Å². The summed E-state index contributed by atoms with van der Waals surface area (Å²) >= 11 is 5.22. The van der Waals surface area contributed by atoms with Gasteiger partial charge in [0.1, 0.15) is 12.4 Å². The van der Waals surface area contributed by atoms with E-state index in [9.17, 15) is 9.59 Å². The Bertz CT molecular complexity index is 874. The van der Waals surface area contributed by atoms with Crippen molar-refractivity contribution < 1.29 is 23.8 Å². The number of thiocarbonyl (C=S) groups is 1. The van der Waals surface area contributed by atoms with Crippen molar-refractivity contribution in [3.05, 3.63) is 59.7 Å². The Morgan fingerprint density at radius 2 is 1.74 bits per heavy atom. The van der Waals surface area contributed by atoms with Crippen molar-refractivity contribution in [2.24, 2.45) is 0 Å². The Kier molecular flexibility index (Phi) is 10.4. The summed E-state index contributed by atoms with van der Waals surface area (Å²) in [5.41, 5.74) is 1.49. The standard InChI is InChI=1S/C22H27N3O5S/c1-3-29-13-14-30-19-9-7-16(8-10-19)21(27)25-22(31)24-18-6-4-5-17(15-18)20(26)23-11-12-28-2/h4-10,15H,3,11-14H2,1-2H3,(H,23,26)(H2,24,25,27,31). The van der Waals surface area contributed by atoms with E-state index in [1.165, 1.54) is 0 Å². The summed E-state index contributed by atoms with van der Waals surface area (Å²) in [5.74, 6) is 0.0728. The van der Waals surface area contributed by atoms with Gasteiger partial charge in [-0.3, -0.25) is 14.9 Å². The van der Waals surface area contributed by atoms with Crippen molar-refractivity contribution in [2.45, 2.75) is 6.92 Å². The first-order chi connectivity index (χ1) is 15.0. The molecule has 3 N–H and O–H groups in total. The van der Waals surface area contributed by atoms with Gasteiger partial charge in [0.15, 0.2) is 5.11 Å². The molecule has 0 heterocycles. The Hall–Kier alpha value is -3.01. The molecule has 0 radical (unpaired) electrons. The molecule has 0 saturated heterocycles. The van der Waals surface area contributed by atoms with Gasteiger partial charge < -0.3 is 24.8 Å². The van der Waals surface area contributed by atoms with Gasteiger partial charge >= 0.3 is 0 Å². The van der Waals surface area contributed by atoms with Crippen molar-refractivity contribution in [1.29, 1.82) is 0 Å². The van der Waals surface area contributed by atoms with E-state index in [4.69, 9.17) is 26.4 Å². The van der Waals surface area contributed by atoms with Crippen molar-refractivity contribution >= 4 is 34.8 Å². The summed E-state index contributed by atoms with van der Waals surface area (Å²) < 4.78 is 15.7. The number of anilines is 1. The van der Waals surface area contributed by atoms with Crippen LogP contribution in [-0.4, -0.2) is 57.0 Å². The molecule has 2 aromatic carbocycles. The van der Waals surface area contributed by atoms with Gasteiger partial charge in [0.25, 0.3) is 11.8 Å². The Morgan fingerprint density at radius 3 is 2.45 bits per heavy atom. The zero-order valence-corrected chi connectivity index (χ0v) is 18.4. The predicted molar refractivity (Wildman–Crippen MR) is 123 cm³/mol. The van der Waals surface area contributed by atoms with E-state index < -0.39 is 0 Å². The summed E-state index contributed by atoms with van der Waals surface area (Å²) in [6, 6.07) is 13.5. The molecule has 0 saturated carbocycles.